The molecule has 1 radical (unpaired) electrons. The van der Waals surface area contributed by atoms with Crippen LogP contribution in [-0.2, 0) is 37.7 Å². The minimum absolute atomic E-state index is 0. The molecule has 0 aromatic heterocycles. The zero-order valence-electron chi connectivity index (χ0n) is 6.40. The van der Waals surface area contributed by atoms with Crippen LogP contribution in [-0.4, -0.2) is 0 Å². The average Bonchev–Trinajstić information content (AvgIpc) is 1.88. The topological polar surface area (TPSA) is 34.1 Å². The second-order valence-corrected chi connectivity index (χ2v) is 2.87. The zero-order chi connectivity index (χ0) is 7.56. The molecule has 1 rings (SSSR count). The monoisotopic (exact) mass is 443 g/mol. The van der Waals surface area contributed by atoms with Crippen molar-refractivity contribution in [2.75, 3.05) is 0 Å². The summed E-state index contributed by atoms with van der Waals surface area (Å²) in [4.78, 5) is 0.222. The Morgan fingerprint density at radius 3 is 2.33 bits per heavy atom. The first-order valence-corrected chi connectivity index (χ1v) is 3.85. The van der Waals surface area contributed by atoms with Crippen molar-refractivity contribution in [1.82, 2.24) is 0 Å². The van der Waals surface area contributed by atoms with Gasteiger partial charge in [0.05, 0.1) is 0 Å². The Labute approximate surface area is 109 Å². The van der Waals surface area contributed by atoms with Gasteiger partial charge in [0.1, 0.15) is 0 Å². The fourth-order valence-electron chi connectivity index (χ4n) is 0.648. The molecule has 0 heterocycles. The van der Waals surface area contributed by atoms with E-state index in [9.17, 15) is 8.42 Å². The Hall–Kier alpha value is 0.806. The van der Waals surface area contributed by atoms with Gasteiger partial charge in [-0.25, -0.2) is 0 Å². The summed E-state index contributed by atoms with van der Waals surface area (Å²) < 4.78 is 20.6. The Bertz CT molecular complexity index is 304. The van der Waals surface area contributed by atoms with E-state index in [4.69, 9.17) is 0 Å². The molecule has 1 aromatic rings. The fourth-order valence-corrected chi connectivity index (χ4v) is 1.09. The van der Waals surface area contributed by atoms with Gasteiger partial charge in [-0.3, -0.25) is 0 Å². The number of rotatable bonds is 1. The van der Waals surface area contributed by atoms with Crippen molar-refractivity contribution < 1.29 is 58.1 Å². The van der Waals surface area contributed by atoms with E-state index < -0.39 is 10.7 Å². The fraction of sp³-hybridized carbons (Fsp3) is 0.143. The molecule has 0 atom stereocenters. The summed E-state index contributed by atoms with van der Waals surface area (Å²) in [6.07, 6.45) is 0. The molecule has 0 spiro atoms. The molecule has 2 nitrogen and oxygen atoms in total. The van der Waals surface area contributed by atoms with Crippen molar-refractivity contribution in [3.63, 3.8) is 0 Å². The molecule has 63 valence electrons. The Balaban J connectivity index is 0. The van der Waals surface area contributed by atoms with Crippen LogP contribution in [0.4, 0.5) is 0 Å². The molecule has 0 saturated carbocycles. The molecule has 12 heavy (non-hydrogen) atoms. The van der Waals surface area contributed by atoms with E-state index in [1.54, 1.807) is 18.2 Å². The second kappa shape index (κ2) is 7.23. The smallest absolute Gasteiger partial charge is 0 e. The molecule has 1 aromatic carbocycles. The summed E-state index contributed by atoms with van der Waals surface area (Å²) in [5.41, 5.74) is 0.929. The van der Waals surface area contributed by atoms with Gasteiger partial charge in [-0.2, -0.15) is 34.7 Å². The van der Waals surface area contributed by atoms with Crippen LogP contribution in [0.5, 0.6) is 0 Å². The van der Waals surface area contributed by atoms with E-state index in [0.29, 0.717) is 0 Å². The number of hydrogen-bond donors (Lipinski definition) is 0. The van der Waals surface area contributed by atoms with Crippen LogP contribution in [0.15, 0.2) is 23.1 Å². The summed E-state index contributed by atoms with van der Waals surface area (Å²) >= 11 is 0. The molecule has 0 aliphatic heterocycles. The van der Waals surface area contributed by atoms with Crippen molar-refractivity contribution in [2.24, 2.45) is 0 Å². The molecular formula is C7H6O2SUV-2. The van der Waals surface area contributed by atoms with Crippen LogP contribution >= 0.6 is 0 Å². The molecule has 0 aliphatic carbocycles. The first-order valence-electron chi connectivity index (χ1n) is 2.78. The van der Waals surface area contributed by atoms with Gasteiger partial charge in [0, 0.05) is 49.7 Å². The summed E-state index contributed by atoms with van der Waals surface area (Å²) in [6.45, 7) is 1.84. The Kier molecular flexibility index (Phi) is 9.21. The predicted molar refractivity (Wildman–Crippen MR) is 37.0 cm³/mol. The van der Waals surface area contributed by atoms with E-state index in [2.05, 4.69) is 6.07 Å². The van der Waals surface area contributed by atoms with Gasteiger partial charge in [-0.15, -0.1) is 0 Å². The van der Waals surface area contributed by atoms with Gasteiger partial charge in [0.2, 0.25) is 0 Å². The molecule has 0 aliphatic rings. The van der Waals surface area contributed by atoms with Crippen LogP contribution in [0.2, 0.25) is 0 Å². The van der Waals surface area contributed by atoms with E-state index in [1.807, 2.05) is 6.92 Å². The summed E-state index contributed by atoms with van der Waals surface area (Å²) in [7, 11) is -2.14. The quantitative estimate of drug-likeness (QED) is 0.487. The summed E-state index contributed by atoms with van der Waals surface area (Å²) in [5.74, 6) is 0. The molecule has 0 bridgehead atoms. The third-order valence-electron chi connectivity index (χ3n) is 1.11. The number of hydrogen-bond acceptors (Lipinski definition) is 3. The van der Waals surface area contributed by atoms with Crippen molar-refractivity contribution in [3.8, 4) is 0 Å². The third kappa shape index (κ3) is 4.74. The van der Waals surface area contributed by atoms with Crippen molar-refractivity contribution in [3.05, 3.63) is 29.8 Å². The van der Waals surface area contributed by atoms with Gasteiger partial charge in [0.15, 0.2) is 0 Å². The number of benzene rings is 1. The zero-order valence-corrected chi connectivity index (χ0v) is 12.8. The van der Waals surface area contributed by atoms with Gasteiger partial charge in [0.25, 0.3) is 0 Å². The first kappa shape index (κ1) is 15.3. The molecule has 0 fully saturated rings. The third-order valence-corrected chi connectivity index (χ3v) is 1.70. The van der Waals surface area contributed by atoms with Gasteiger partial charge >= 0.3 is 0 Å². The molecule has 0 saturated heterocycles. The van der Waals surface area contributed by atoms with Crippen molar-refractivity contribution in [2.45, 2.75) is 11.8 Å². The maximum Gasteiger partial charge on any atom is 0 e. The van der Waals surface area contributed by atoms with Crippen LogP contribution in [0.3, 0.4) is 0 Å². The molecular weight excluding hydrogens is 437 g/mol. The predicted octanol–water partition coefficient (Wildman–Crippen LogP) is 1.46. The second-order valence-electron chi connectivity index (χ2n) is 1.96. The SMILES string of the molecule is Cc1cc[c-]c([S-](=O)=O)c1.[U].[V]. The normalized spacial score (nSPS) is 8.50. The molecule has 5 heteroatoms. The minimum atomic E-state index is -2.14. The first-order chi connectivity index (χ1) is 4.70. The van der Waals surface area contributed by atoms with Gasteiger partial charge in [-0.05, 0) is 0 Å². The molecule has 0 unspecified atom stereocenters. The largest absolute Gasteiger partial charge is 0.422 e. The van der Waals surface area contributed by atoms with Crippen LogP contribution in [0.25, 0.3) is 0 Å². The molecule has 0 N–H and O–H groups in total. The average molecular weight is 443 g/mol. The van der Waals surface area contributed by atoms with Crippen LogP contribution in [0.1, 0.15) is 5.56 Å². The Morgan fingerprint density at radius 1 is 1.42 bits per heavy atom. The standard InChI is InChI=1S/C7H6O2S.U.V/c1-6-3-2-4-7(5-6)10(8)9;;/h2-3,5H,1H3;;/q-2;;. The Morgan fingerprint density at radius 2 is 2.00 bits per heavy atom. The van der Waals surface area contributed by atoms with E-state index in [0.717, 1.165) is 5.56 Å². The number of aryl methyl sites for hydroxylation is 1. The maximum atomic E-state index is 10.3. The van der Waals surface area contributed by atoms with Gasteiger partial charge in [-0.1, -0.05) is 17.6 Å². The van der Waals surface area contributed by atoms with Crippen LogP contribution < -0.4 is 0 Å². The van der Waals surface area contributed by atoms with Crippen LogP contribution in [0, 0.1) is 44.1 Å². The summed E-state index contributed by atoms with van der Waals surface area (Å²) in [6, 6.07) is 7.57. The van der Waals surface area contributed by atoms with Crippen molar-refractivity contribution in [1.29, 1.82) is 0 Å². The maximum absolute atomic E-state index is 10.3. The summed E-state index contributed by atoms with van der Waals surface area (Å²) in [5, 5.41) is 0. The molecule has 0 amide bonds. The van der Waals surface area contributed by atoms with E-state index >= 15 is 0 Å². The van der Waals surface area contributed by atoms with Crippen molar-refractivity contribution >= 4 is 10.7 Å². The minimum Gasteiger partial charge on any atom is -0.422 e. The van der Waals surface area contributed by atoms with E-state index in [-0.39, 0.29) is 54.6 Å². The van der Waals surface area contributed by atoms with Gasteiger partial charge < -0.3 is 8.42 Å². The van der Waals surface area contributed by atoms with E-state index in [1.165, 1.54) is 0 Å².